The van der Waals surface area contributed by atoms with E-state index in [1.807, 2.05) is 23.5 Å². The maximum absolute atomic E-state index is 12.1. The summed E-state index contributed by atoms with van der Waals surface area (Å²) in [6, 6.07) is 17.2. The topological polar surface area (TPSA) is 61.6 Å². The first-order valence-corrected chi connectivity index (χ1v) is 18.2. The summed E-state index contributed by atoms with van der Waals surface area (Å²) in [5.74, 6) is -0.380. The number of hydrogen-bond donors (Lipinski definition) is 1. The Balaban J connectivity index is 1.34. The molecule has 5 aromatic rings. The third-order valence-electron chi connectivity index (χ3n) is 10.8. The molecule has 2 fully saturated rings. The SMILES string of the molecule is Cc1cc(-c2ccc3c4c(ccc3n2)-c2c(C3CCCCC3)c3ccc(C(=O)O)cc3n2CCN4CCN2CCCCC2)c(C)s1. The van der Waals surface area contributed by atoms with Gasteiger partial charge in [0, 0.05) is 63.3 Å². The van der Waals surface area contributed by atoms with Crippen LogP contribution in [0, 0.1) is 13.8 Å². The Bertz CT molecular complexity index is 1940. The number of carboxylic acid groups (broad SMARTS) is 1. The van der Waals surface area contributed by atoms with Crippen molar-refractivity contribution < 1.29 is 9.90 Å². The van der Waals surface area contributed by atoms with Crippen LogP contribution in [-0.4, -0.2) is 58.3 Å². The average molecular weight is 633 g/mol. The molecule has 238 valence electrons. The van der Waals surface area contributed by atoms with Crippen LogP contribution in [-0.2, 0) is 6.54 Å². The third-order valence-corrected chi connectivity index (χ3v) is 11.8. The van der Waals surface area contributed by atoms with Gasteiger partial charge in [0.25, 0.3) is 0 Å². The van der Waals surface area contributed by atoms with Crippen LogP contribution in [0.15, 0.2) is 48.5 Å². The normalized spacial score (nSPS) is 17.7. The van der Waals surface area contributed by atoms with Gasteiger partial charge in [0.2, 0.25) is 0 Å². The van der Waals surface area contributed by atoms with Gasteiger partial charge in [0.05, 0.1) is 28.2 Å². The Morgan fingerprint density at radius 2 is 1.63 bits per heavy atom. The Morgan fingerprint density at radius 1 is 0.848 bits per heavy atom. The zero-order valence-electron chi connectivity index (χ0n) is 27.1. The molecule has 8 rings (SSSR count). The molecule has 1 saturated heterocycles. The van der Waals surface area contributed by atoms with Crippen LogP contribution in [0.25, 0.3) is 44.3 Å². The number of pyridine rings is 1. The second kappa shape index (κ2) is 12.2. The molecule has 1 saturated carbocycles. The highest BCUT2D eigenvalue weighted by atomic mass is 32.1. The first-order chi connectivity index (χ1) is 22.5. The van der Waals surface area contributed by atoms with E-state index >= 15 is 0 Å². The number of aromatic nitrogens is 2. The minimum Gasteiger partial charge on any atom is -0.478 e. The van der Waals surface area contributed by atoms with E-state index in [0.29, 0.717) is 11.5 Å². The maximum Gasteiger partial charge on any atom is 0.335 e. The monoisotopic (exact) mass is 632 g/mol. The summed E-state index contributed by atoms with van der Waals surface area (Å²) >= 11 is 1.84. The second-order valence-electron chi connectivity index (χ2n) is 13.7. The molecule has 0 amide bonds. The van der Waals surface area contributed by atoms with Gasteiger partial charge in [0.1, 0.15) is 0 Å². The number of rotatable bonds is 6. The predicted molar refractivity (Wildman–Crippen MR) is 191 cm³/mol. The standard InChI is InChI=1S/C39H44N4O2S/c1-25-23-32(26(2)46-25)34-15-13-29-33(40-34)16-14-31-37(29)42(20-19-41-17-7-4-8-18-41)21-22-43-35-24-28(39(44)45)11-12-30(35)36(38(31)43)27-9-5-3-6-10-27/h11-16,23-24,27H,3-10,17-22H2,1-2H3,(H,44,45). The number of hydrogen-bond acceptors (Lipinski definition) is 5. The van der Waals surface area contributed by atoms with Crippen molar-refractivity contribution in [1.82, 2.24) is 14.5 Å². The lowest BCUT2D eigenvalue weighted by atomic mass is 9.81. The summed E-state index contributed by atoms with van der Waals surface area (Å²) in [6.45, 7) is 10.5. The van der Waals surface area contributed by atoms with Gasteiger partial charge in [-0.15, -0.1) is 11.3 Å². The van der Waals surface area contributed by atoms with Crippen molar-refractivity contribution >= 4 is 44.8 Å². The third kappa shape index (κ3) is 5.22. The van der Waals surface area contributed by atoms with Crippen molar-refractivity contribution in [2.24, 2.45) is 0 Å². The fourth-order valence-corrected chi connectivity index (χ4v) is 9.53. The molecule has 0 unspecified atom stereocenters. The largest absolute Gasteiger partial charge is 0.478 e. The number of benzene rings is 2. The molecule has 1 N–H and O–H groups in total. The highest BCUT2D eigenvalue weighted by Gasteiger charge is 2.32. The van der Waals surface area contributed by atoms with E-state index in [1.165, 1.54) is 113 Å². The van der Waals surface area contributed by atoms with Crippen LogP contribution in [0.1, 0.15) is 83.0 Å². The van der Waals surface area contributed by atoms with Crippen LogP contribution in [0.3, 0.4) is 0 Å². The maximum atomic E-state index is 12.1. The number of likely N-dealkylation sites (tertiary alicyclic amines) is 1. The second-order valence-corrected chi connectivity index (χ2v) is 15.2. The predicted octanol–water partition coefficient (Wildman–Crippen LogP) is 9.25. The van der Waals surface area contributed by atoms with Gasteiger partial charge in [-0.05, 0) is 107 Å². The number of anilines is 1. The highest BCUT2D eigenvalue weighted by molar-refractivity contribution is 7.12. The first kappa shape index (κ1) is 29.7. The summed E-state index contributed by atoms with van der Waals surface area (Å²) in [6.07, 6.45) is 10.1. The minimum absolute atomic E-state index is 0.364. The van der Waals surface area contributed by atoms with E-state index < -0.39 is 5.97 Å². The summed E-state index contributed by atoms with van der Waals surface area (Å²) in [5.41, 5.74) is 10.0. The number of aryl methyl sites for hydroxylation is 2. The molecule has 46 heavy (non-hydrogen) atoms. The van der Waals surface area contributed by atoms with Crippen LogP contribution in [0.5, 0.6) is 0 Å². The number of piperidine rings is 1. The molecule has 0 spiro atoms. The zero-order valence-corrected chi connectivity index (χ0v) is 28.0. The number of carbonyl (C=O) groups is 1. The Labute approximate surface area is 275 Å². The molecule has 1 aliphatic carbocycles. The van der Waals surface area contributed by atoms with Crippen LogP contribution < -0.4 is 4.90 Å². The van der Waals surface area contributed by atoms with Crippen LogP contribution in [0.4, 0.5) is 5.69 Å². The summed E-state index contributed by atoms with van der Waals surface area (Å²) in [7, 11) is 0. The van der Waals surface area contributed by atoms with Gasteiger partial charge in [-0.2, -0.15) is 0 Å². The molecule has 6 nitrogen and oxygen atoms in total. The number of aromatic carboxylic acids is 1. The molecule has 7 heteroatoms. The first-order valence-electron chi connectivity index (χ1n) is 17.3. The Kier molecular flexibility index (Phi) is 7.85. The summed E-state index contributed by atoms with van der Waals surface area (Å²) in [4.78, 5) is 25.3. The van der Waals surface area contributed by atoms with Gasteiger partial charge >= 0.3 is 5.97 Å². The van der Waals surface area contributed by atoms with Gasteiger partial charge in [-0.1, -0.05) is 31.7 Å². The summed E-state index contributed by atoms with van der Waals surface area (Å²) < 4.78 is 2.47. The minimum atomic E-state index is -0.863. The average Bonchev–Trinajstić information content (AvgIpc) is 3.54. The molecule has 2 aliphatic heterocycles. The summed E-state index contributed by atoms with van der Waals surface area (Å²) in [5, 5.41) is 12.4. The molecule has 2 aromatic carbocycles. The van der Waals surface area contributed by atoms with Crippen molar-refractivity contribution in [2.45, 2.75) is 77.7 Å². The number of nitrogens with zero attached hydrogens (tertiary/aromatic N) is 4. The van der Waals surface area contributed by atoms with Crippen molar-refractivity contribution in [3.63, 3.8) is 0 Å². The quantitative estimate of drug-likeness (QED) is 0.202. The van der Waals surface area contributed by atoms with Gasteiger partial charge < -0.3 is 19.5 Å². The van der Waals surface area contributed by atoms with Gasteiger partial charge in [-0.25, -0.2) is 9.78 Å². The molecule has 0 radical (unpaired) electrons. The molecule has 5 heterocycles. The van der Waals surface area contributed by atoms with Crippen molar-refractivity contribution in [3.8, 4) is 22.5 Å². The lowest BCUT2D eigenvalue weighted by Crippen LogP contribution is -2.38. The Morgan fingerprint density at radius 3 is 2.39 bits per heavy atom. The van der Waals surface area contributed by atoms with E-state index in [4.69, 9.17) is 4.98 Å². The van der Waals surface area contributed by atoms with Crippen molar-refractivity contribution in [2.75, 3.05) is 37.6 Å². The molecular formula is C39H44N4O2S. The smallest absolute Gasteiger partial charge is 0.335 e. The van der Waals surface area contributed by atoms with Crippen molar-refractivity contribution in [3.05, 3.63) is 69.4 Å². The van der Waals surface area contributed by atoms with E-state index in [2.05, 4.69) is 64.6 Å². The number of fused-ring (bicyclic) bond motifs is 7. The fraction of sp³-hybridized carbons (Fsp3) is 0.436. The molecule has 3 aromatic heterocycles. The molecule has 0 atom stereocenters. The van der Waals surface area contributed by atoms with E-state index in [9.17, 15) is 9.90 Å². The van der Waals surface area contributed by atoms with E-state index in [1.54, 1.807) is 0 Å². The molecule has 3 aliphatic rings. The number of thiophene rings is 1. The number of carboxylic acids is 1. The van der Waals surface area contributed by atoms with Crippen molar-refractivity contribution in [1.29, 1.82) is 0 Å². The zero-order chi connectivity index (χ0) is 31.4. The van der Waals surface area contributed by atoms with Crippen LogP contribution in [0.2, 0.25) is 0 Å². The van der Waals surface area contributed by atoms with Gasteiger partial charge in [-0.3, -0.25) is 0 Å². The highest BCUT2D eigenvalue weighted by Crippen LogP contribution is 2.49. The molecular weight excluding hydrogens is 589 g/mol. The fourth-order valence-electron chi connectivity index (χ4n) is 8.59. The lowest BCUT2D eigenvalue weighted by molar-refractivity contribution is 0.0697. The lowest BCUT2D eigenvalue weighted by Gasteiger charge is -2.32. The molecule has 0 bridgehead atoms. The Hall–Kier alpha value is -3.68. The van der Waals surface area contributed by atoms with Gasteiger partial charge in [0.15, 0.2) is 0 Å². The van der Waals surface area contributed by atoms with E-state index in [-0.39, 0.29) is 0 Å². The van der Waals surface area contributed by atoms with E-state index in [0.717, 1.165) is 42.9 Å². The van der Waals surface area contributed by atoms with Crippen LogP contribution >= 0.6 is 11.3 Å².